The number of halogens is 3. The van der Waals surface area contributed by atoms with Crippen molar-refractivity contribution in [1.29, 1.82) is 0 Å². The van der Waals surface area contributed by atoms with Gasteiger partial charge in [-0.2, -0.15) is 0 Å². The molecule has 0 bridgehead atoms. The van der Waals surface area contributed by atoms with Crippen molar-refractivity contribution >= 4 is 38.5 Å². The maximum absolute atomic E-state index is 13.5. The van der Waals surface area contributed by atoms with E-state index in [1.807, 2.05) is 29.5 Å². The summed E-state index contributed by atoms with van der Waals surface area (Å²) in [5.74, 6) is -0.419. The Hall–Kier alpha value is -0.960. The summed E-state index contributed by atoms with van der Waals surface area (Å²) in [4.78, 5) is 24.3. The smallest absolute Gasteiger partial charge is 0.300 e. The molecule has 0 unspecified atom stereocenters. The van der Waals surface area contributed by atoms with Crippen LogP contribution in [0, 0.1) is 9.39 Å². The van der Waals surface area contributed by atoms with Crippen molar-refractivity contribution in [3.05, 3.63) is 64.7 Å². The molecule has 1 heterocycles. The van der Waals surface area contributed by atoms with Gasteiger partial charge in [0.2, 0.25) is 0 Å². The molecule has 0 atom stereocenters. The van der Waals surface area contributed by atoms with Crippen molar-refractivity contribution in [3.63, 3.8) is 0 Å². The molecular weight excluding hydrogens is 442 g/mol. The van der Waals surface area contributed by atoms with Crippen LogP contribution in [0.25, 0.3) is 0 Å². The van der Waals surface area contributed by atoms with Crippen molar-refractivity contribution in [2.45, 2.75) is 20.0 Å². The van der Waals surface area contributed by atoms with Crippen LogP contribution in [0.5, 0.6) is 0 Å². The predicted octanol–water partition coefficient (Wildman–Crippen LogP) is 2.58. The highest BCUT2D eigenvalue weighted by Crippen LogP contribution is 2.20. The third-order valence-electron chi connectivity index (χ3n) is 2.90. The van der Waals surface area contributed by atoms with Crippen LogP contribution in [-0.4, -0.2) is 9.13 Å². The summed E-state index contributed by atoms with van der Waals surface area (Å²) < 4.78 is 16.8. The number of aromatic nitrogens is 2. The second kappa shape index (κ2) is 6.21. The van der Waals surface area contributed by atoms with Crippen LogP contribution in [0.15, 0.2) is 38.5 Å². The van der Waals surface area contributed by atoms with Gasteiger partial charge in [0, 0.05) is 12.7 Å². The lowest BCUT2D eigenvalue weighted by atomic mass is 10.2. The molecule has 2 aromatic rings. The molecule has 0 N–H and O–H groups in total. The lowest BCUT2D eigenvalue weighted by molar-refractivity contribution is 0.585. The van der Waals surface area contributed by atoms with E-state index in [1.165, 1.54) is 16.8 Å². The van der Waals surface area contributed by atoms with E-state index in [0.717, 1.165) is 4.57 Å². The Labute approximate surface area is 136 Å². The molecule has 0 aliphatic heterocycles. The standard InChI is InChI=1S/C13H11BrFIN2O2/c1-2-17-7-10(16)12(19)18(13(17)20)6-8-4-3-5-9(15)11(8)14/h3-5,7H,2,6H2,1H3. The fourth-order valence-corrected chi connectivity index (χ4v) is 2.84. The molecule has 1 aromatic carbocycles. The molecular formula is C13H11BrFIN2O2. The lowest BCUT2D eigenvalue weighted by Crippen LogP contribution is -2.41. The van der Waals surface area contributed by atoms with Gasteiger partial charge in [0.15, 0.2) is 0 Å². The summed E-state index contributed by atoms with van der Waals surface area (Å²) in [5, 5.41) is 0. The number of rotatable bonds is 3. The Balaban J connectivity index is 2.60. The molecule has 0 saturated carbocycles. The molecule has 0 aliphatic carbocycles. The van der Waals surface area contributed by atoms with E-state index in [-0.39, 0.29) is 16.6 Å². The zero-order valence-electron chi connectivity index (χ0n) is 10.6. The highest BCUT2D eigenvalue weighted by atomic mass is 127. The second-order valence-electron chi connectivity index (χ2n) is 4.15. The van der Waals surface area contributed by atoms with Gasteiger partial charge in [0.05, 0.1) is 14.6 Å². The Morgan fingerprint density at radius 1 is 1.35 bits per heavy atom. The number of nitrogens with zero attached hydrogens (tertiary/aromatic N) is 2. The van der Waals surface area contributed by atoms with Gasteiger partial charge < -0.3 is 0 Å². The zero-order chi connectivity index (χ0) is 14.9. The van der Waals surface area contributed by atoms with Crippen LogP contribution in [-0.2, 0) is 13.1 Å². The Bertz CT molecular complexity index is 770. The summed E-state index contributed by atoms with van der Waals surface area (Å²) in [7, 11) is 0. The van der Waals surface area contributed by atoms with Crippen molar-refractivity contribution in [2.75, 3.05) is 0 Å². The van der Waals surface area contributed by atoms with Crippen LogP contribution in [0.3, 0.4) is 0 Å². The lowest BCUT2D eigenvalue weighted by Gasteiger charge is -2.11. The molecule has 0 fully saturated rings. The first-order chi connectivity index (χ1) is 9.45. The summed E-state index contributed by atoms with van der Waals surface area (Å²) in [5.41, 5.74) is -0.209. The minimum absolute atomic E-state index is 0.0346. The van der Waals surface area contributed by atoms with Gasteiger partial charge in [-0.25, -0.2) is 9.18 Å². The number of benzene rings is 1. The predicted molar refractivity (Wildman–Crippen MR) is 86.6 cm³/mol. The Kier molecular flexibility index (Phi) is 4.79. The number of hydrogen-bond donors (Lipinski definition) is 0. The van der Waals surface area contributed by atoms with E-state index in [4.69, 9.17) is 0 Å². The van der Waals surface area contributed by atoms with Crippen molar-refractivity contribution in [3.8, 4) is 0 Å². The first-order valence-corrected chi connectivity index (χ1v) is 7.75. The highest BCUT2D eigenvalue weighted by molar-refractivity contribution is 14.1. The van der Waals surface area contributed by atoms with Gasteiger partial charge in [0.25, 0.3) is 5.56 Å². The molecule has 4 nitrogen and oxygen atoms in total. The third kappa shape index (κ3) is 2.88. The van der Waals surface area contributed by atoms with Crippen LogP contribution in [0.1, 0.15) is 12.5 Å². The topological polar surface area (TPSA) is 44.0 Å². The van der Waals surface area contributed by atoms with E-state index in [0.29, 0.717) is 15.7 Å². The van der Waals surface area contributed by atoms with Crippen LogP contribution in [0.2, 0.25) is 0 Å². The van der Waals surface area contributed by atoms with Gasteiger partial charge >= 0.3 is 5.69 Å². The molecule has 1 aromatic heterocycles. The largest absolute Gasteiger partial charge is 0.331 e. The van der Waals surface area contributed by atoms with Crippen molar-refractivity contribution in [2.24, 2.45) is 0 Å². The number of hydrogen-bond acceptors (Lipinski definition) is 2. The number of aryl methyl sites for hydroxylation is 1. The van der Waals surface area contributed by atoms with E-state index in [2.05, 4.69) is 15.9 Å². The summed E-state index contributed by atoms with van der Waals surface area (Å²) in [6, 6.07) is 4.54. The van der Waals surface area contributed by atoms with Gasteiger partial charge in [0.1, 0.15) is 5.82 Å². The first-order valence-electron chi connectivity index (χ1n) is 5.88. The Morgan fingerprint density at radius 3 is 2.70 bits per heavy atom. The SMILES string of the molecule is CCn1cc(I)c(=O)n(Cc2cccc(F)c2Br)c1=O. The average molecular weight is 453 g/mol. The molecule has 0 amide bonds. The minimum atomic E-state index is -0.419. The molecule has 2 rings (SSSR count). The fourth-order valence-electron chi connectivity index (χ4n) is 1.83. The summed E-state index contributed by atoms with van der Waals surface area (Å²) in [6.45, 7) is 2.33. The van der Waals surface area contributed by atoms with Crippen LogP contribution >= 0.6 is 38.5 Å². The Morgan fingerprint density at radius 2 is 2.05 bits per heavy atom. The van der Waals surface area contributed by atoms with Crippen LogP contribution in [0.4, 0.5) is 4.39 Å². The first kappa shape index (κ1) is 15.4. The van der Waals surface area contributed by atoms with Gasteiger partial charge in [-0.3, -0.25) is 13.9 Å². The third-order valence-corrected chi connectivity index (χ3v) is 4.52. The van der Waals surface area contributed by atoms with Gasteiger partial charge in [-0.15, -0.1) is 0 Å². The maximum Gasteiger partial charge on any atom is 0.331 e. The maximum atomic E-state index is 13.5. The van der Waals surface area contributed by atoms with Gasteiger partial charge in [-0.05, 0) is 57.1 Å². The summed E-state index contributed by atoms with van der Waals surface area (Å²) in [6.07, 6.45) is 1.53. The fraction of sp³-hybridized carbons (Fsp3) is 0.231. The van der Waals surface area contributed by atoms with Gasteiger partial charge in [-0.1, -0.05) is 12.1 Å². The molecule has 0 radical (unpaired) electrons. The average Bonchev–Trinajstić information content (AvgIpc) is 2.43. The molecule has 0 aliphatic rings. The van der Waals surface area contributed by atoms with E-state index in [9.17, 15) is 14.0 Å². The normalized spacial score (nSPS) is 10.8. The monoisotopic (exact) mass is 452 g/mol. The second-order valence-corrected chi connectivity index (χ2v) is 6.11. The molecule has 7 heteroatoms. The summed E-state index contributed by atoms with van der Waals surface area (Å²) >= 11 is 5.03. The van der Waals surface area contributed by atoms with E-state index >= 15 is 0 Å². The molecule has 20 heavy (non-hydrogen) atoms. The molecule has 0 spiro atoms. The highest BCUT2D eigenvalue weighted by Gasteiger charge is 2.12. The van der Waals surface area contributed by atoms with E-state index < -0.39 is 11.5 Å². The molecule has 0 saturated heterocycles. The quantitative estimate of drug-likeness (QED) is 0.672. The van der Waals surface area contributed by atoms with Crippen LogP contribution < -0.4 is 11.2 Å². The van der Waals surface area contributed by atoms with Crippen molar-refractivity contribution in [1.82, 2.24) is 9.13 Å². The molecule has 106 valence electrons. The van der Waals surface area contributed by atoms with Crippen molar-refractivity contribution < 1.29 is 4.39 Å². The van der Waals surface area contributed by atoms with E-state index in [1.54, 1.807) is 12.1 Å². The minimum Gasteiger partial charge on any atom is -0.300 e. The zero-order valence-corrected chi connectivity index (χ0v) is 14.3.